The van der Waals surface area contributed by atoms with E-state index in [0.717, 1.165) is 0 Å². The van der Waals surface area contributed by atoms with Crippen LogP contribution in [0.4, 0.5) is 0 Å². The van der Waals surface area contributed by atoms with Gasteiger partial charge in [0.15, 0.2) is 0 Å². The molecule has 0 aliphatic carbocycles. The summed E-state index contributed by atoms with van der Waals surface area (Å²) in [6.07, 6.45) is 0. The van der Waals surface area contributed by atoms with E-state index in [4.69, 9.17) is 0 Å². The molecule has 68 valence electrons. The second-order valence-electron chi connectivity index (χ2n) is 3.50. The molecule has 0 spiro atoms. The zero-order valence-electron chi connectivity index (χ0n) is 9.50. The predicted octanol–water partition coefficient (Wildman–Crippen LogP) is 3.53. The number of hydrogen-bond donors (Lipinski definition) is 0. The van der Waals surface area contributed by atoms with Crippen molar-refractivity contribution < 1.29 is 0 Å². The molecule has 4 radical (unpaired) electrons. The van der Waals surface area contributed by atoms with Crippen LogP contribution < -0.4 is 0 Å². The first-order valence-electron chi connectivity index (χ1n) is 4.00. The summed E-state index contributed by atoms with van der Waals surface area (Å²) in [7, 11) is 0. The van der Waals surface area contributed by atoms with Gasteiger partial charge in [0.1, 0.15) is 0 Å². The number of rotatable bonds is 0. The van der Waals surface area contributed by atoms with Crippen molar-refractivity contribution >= 4 is 55.0 Å². The van der Waals surface area contributed by atoms with Crippen LogP contribution in [-0.2, 0) is 0 Å². The summed E-state index contributed by atoms with van der Waals surface area (Å²) in [4.78, 5) is 14.2. The first-order chi connectivity index (χ1) is 4.88. The van der Waals surface area contributed by atoms with E-state index in [1.54, 1.807) is 0 Å². The van der Waals surface area contributed by atoms with E-state index in [2.05, 4.69) is 41.2 Å². The molecule has 3 heteroatoms. The van der Waals surface area contributed by atoms with E-state index < -0.39 is 39.5 Å². The SMILES string of the molecule is [CH3][Ge][CH3].[CH3][Sn]([CH3])[CH3].[CH3][Sn]([CH3])[CH3]. The van der Waals surface area contributed by atoms with E-state index in [9.17, 15) is 0 Å². The van der Waals surface area contributed by atoms with Gasteiger partial charge >= 0.3 is 96.1 Å². The van der Waals surface area contributed by atoms with Gasteiger partial charge in [-0.15, -0.1) is 0 Å². The van der Waals surface area contributed by atoms with Gasteiger partial charge in [-0.25, -0.2) is 0 Å². The summed E-state index contributed by atoms with van der Waals surface area (Å²) in [5, 5.41) is 0. The topological polar surface area (TPSA) is 0 Å². The van der Waals surface area contributed by atoms with Crippen LogP contribution in [0.3, 0.4) is 0 Å². The van der Waals surface area contributed by atoms with Crippen LogP contribution in [-0.4, -0.2) is 55.0 Å². The van der Waals surface area contributed by atoms with Crippen molar-refractivity contribution in [1.29, 1.82) is 0 Å². The summed E-state index contributed by atoms with van der Waals surface area (Å²) in [5.41, 5.74) is 0. The van der Waals surface area contributed by atoms with Gasteiger partial charge in [-0.3, -0.25) is 0 Å². The van der Waals surface area contributed by atoms with Gasteiger partial charge in [0.25, 0.3) is 0 Å². The summed E-state index contributed by atoms with van der Waals surface area (Å²) in [5.74, 6) is 4.50. The van der Waals surface area contributed by atoms with Crippen molar-refractivity contribution in [2.75, 3.05) is 0 Å². The molecule has 0 N–H and O–H groups in total. The third kappa shape index (κ3) is 273. The minimum absolute atomic E-state index is 0.500. The van der Waals surface area contributed by atoms with Crippen molar-refractivity contribution in [1.82, 2.24) is 0 Å². The first-order valence-corrected chi connectivity index (χ1v) is 25.3. The fourth-order valence-electron chi connectivity index (χ4n) is 0. The Hall–Kier alpha value is 2.14. The molecule has 0 aromatic rings. The maximum absolute atomic E-state index is 2.36. The summed E-state index contributed by atoms with van der Waals surface area (Å²) in [6, 6.07) is 0. The van der Waals surface area contributed by atoms with Crippen LogP contribution in [0.1, 0.15) is 0 Å². The van der Waals surface area contributed by atoms with Crippen LogP contribution >= 0.6 is 0 Å². The zero-order valence-corrected chi connectivity index (χ0v) is 17.3. The Kier molecular flexibility index (Phi) is 30.9. The van der Waals surface area contributed by atoms with Gasteiger partial charge in [0.05, 0.1) is 0 Å². The molecule has 0 rings (SSSR count). The molecule has 0 aliphatic heterocycles. The van der Waals surface area contributed by atoms with E-state index in [-0.39, 0.29) is 0 Å². The molecule has 0 aromatic carbocycles. The second-order valence-corrected chi connectivity index (χ2v) is 22.7. The molecule has 0 saturated heterocycles. The van der Waals surface area contributed by atoms with Crippen LogP contribution in [0.2, 0.25) is 41.2 Å². The van der Waals surface area contributed by atoms with Gasteiger partial charge < -0.3 is 0 Å². The van der Waals surface area contributed by atoms with Crippen molar-refractivity contribution in [3.05, 3.63) is 0 Å². The Balaban J connectivity index is -0.0000000886. The average molecular weight is 430 g/mol. The Labute approximate surface area is 94.9 Å². The molecule has 0 heterocycles. The van der Waals surface area contributed by atoms with E-state index in [0.29, 0.717) is 15.4 Å². The molecule has 0 aromatic heterocycles. The molecule has 0 atom stereocenters. The summed E-state index contributed by atoms with van der Waals surface area (Å²) >= 11 is -0.587. The quantitative estimate of drug-likeness (QED) is 0.516. The molecule has 0 fully saturated rings. The molecule has 0 saturated carbocycles. The molecule has 11 heavy (non-hydrogen) atoms. The van der Waals surface area contributed by atoms with Crippen LogP contribution in [0, 0.1) is 0 Å². The fourth-order valence-corrected chi connectivity index (χ4v) is 0. The van der Waals surface area contributed by atoms with Crippen LogP contribution in [0.25, 0.3) is 0 Å². The predicted molar refractivity (Wildman–Crippen MR) is 64.2 cm³/mol. The molecule has 0 nitrogen and oxygen atoms in total. The molecule has 0 unspecified atom stereocenters. The van der Waals surface area contributed by atoms with Crippen LogP contribution in [0.15, 0.2) is 0 Å². The molecular weight excluding hydrogens is 406 g/mol. The first kappa shape index (κ1) is 18.8. The van der Waals surface area contributed by atoms with Crippen molar-refractivity contribution in [2.24, 2.45) is 0 Å². The second kappa shape index (κ2) is 18.0. The third-order valence-electron chi connectivity index (χ3n) is 0. The standard InChI is InChI=1S/C2H6Ge.6CH3.2Sn/c1-3-2;;;;;;;;/h1-2H3;6*1H3;;. The minimum atomic E-state index is -0.543. The normalized spacial score (nSPS) is 8.18. The van der Waals surface area contributed by atoms with E-state index >= 15 is 0 Å². The fraction of sp³-hybridized carbons (Fsp3) is 1.00. The average Bonchev–Trinajstić information content (AvgIpc) is 1.60. The molecule has 0 amide bonds. The van der Waals surface area contributed by atoms with Gasteiger partial charge in [0.2, 0.25) is 0 Å². The summed E-state index contributed by atoms with van der Waals surface area (Å²) in [6.45, 7) is 0. The van der Waals surface area contributed by atoms with Crippen molar-refractivity contribution in [2.45, 2.75) is 41.2 Å². The van der Waals surface area contributed by atoms with Gasteiger partial charge in [-0.1, -0.05) is 0 Å². The number of hydrogen-bond acceptors (Lipinski definition) is 0. The Bertz CT molecular complexity index is 35.8. The van der Waals surface area contributed by atoms with E-state index in [1.165, 1.54) is 0 Å². The van der Waals surface area contributed by atoms with Crippen molar-refractivity contribution in [3.8, 4) is 0 Å². The van der Waals surface area contributed by atoms with Crippen LogP contribution in [0.5, 0.6) is 0 Å². The summed E-state index contributed by atoms with van der Waals surface area (Å²) < 4.78 is 0. The zero-order chi connectivity index (χ0) is 9.86. The van der Waals surface area contributed by atoms with E-state index in [1.807, 2.05) is 0 Å². The Morgan fingerprint density at radius 3 is 0.636 bits per heavy atom. The Morgan fingerprint density at radius 2 is 0.636 bits per heavy atom. The molecule has 0 bridgehead atoms. The van der Waals surface area contributed by atoms with Gasteiger partial charge in [0, 0.05) is 0 Å². The van der Waals surface area contributed by atoms with Gasteiger partial charge in [-0.2, -0.15) is 0 Å². The van der Waals surface area contributed by atoms with Crippen molar-refractivity contribution in [3.63, 3.8) is 0 Å². The Morgan fingerprint density at radius 1 is 0.636 bits per heavy atom. The molecular formula is C8H24GeSn2. The van der Waals surface area contributed by atoms with Gasteiger partial charge in [-0.05, 0) is 0 Å². The maximum atomic E-state index is 2.36. The monoisotopic (exact) mass is 434 g/mol. The molecule has 0 aliphatic rings. The third-order valence-corrected chi connectivity index (χ3v) is 0.